The standard InChI is InChI=1S/C17H13N3O2S/c21-17(13-5-4-10-18-11-13)20-19-12-14-8-9-16(22-14)23-15-6-2-1-3-7-15/h1-12H,(H,20,21)/b19-12-. The number of aromatic nitrogens is 1. The largest absolute Gasteiger partial charge is 0.448 e. The zero-order chi connectivity index (χ0) is 15.9. The maximum atomic E-state index is 11.8. The number of furan rings is 1. The smallest absolute Gasteiger partial charge is 0.272 e. The van der Waals surface area contributed by atoms with Gasteiger partial charge in [-0.05, 0) is 36.4 Å². The van der Waals surface area contributed by atoms with Crippen LogP contribution >= 0.6 is 11.8 Å². The van der Waals surface area contributed by atoms with Crippen molar-refractivity contribution in [2.45, 2.75) is 9.99 Å². The van der Waals surface area contributed by atoms with Gasteiger partial charge in [-0.15, -0.1) is 0 Å². The third kappa shape index (κ3) is 4.31. The molecule has 0 unspecified atom stereocenters. The third-order valence-corrected chi connectivity index (χ3v) is 3.77. The Hall–Kier alpha value is -2.86. The van der Waals surface area contributed by atoms with Crippen molar-refractivity contribution in [1.82, 2.24) is 10.4 Å². The summed E-state index contributed by atoms with van der Waals surface area (Å²) < 4.78 is 5.63. The van der Waals surface area contributed by atoms with Gasteiger partial charge in [0, 0.05) is 17.3 Å². The van der Waals surface area contributed by atoms with Crippen molar-refractivity contribution < 1.29 is 9.21 Å². The first-order valence-electron chi connectivity index (χ1n) is 6.87. The minimum atomic E-state index is -0.320. The number of carbonyl (C=O) groups excluding carboxylic acids is 1. The molecule has 0 atom stereocenters. The fourth-order valence-corrected chi connectivity index (χ4v) is 2.58. The summed E-state index contributed by atoms with van der Waals surface area (Å²) in [5.41, 5.74) is 2.88. The highest BCUT2D eigenvalue weighted by molar-refractivity contribution is 7.99. The van der Waals surface area contributed by atoms with Crippen molar-refractivity contribution in [2.24, 2.45) is 5.10 Å². The van der Waals surface area contributed by atoms with Crippen LogP contribution in [0.4, 0.5) is 0 Å². The average Bonchev–Trinajstić information content (AvgIpc) is 3.04. The highest BCUT2D eigenvalue weighted by Gasteiger charge is 2.04. The normalized spacial score (nSPS) is 10.8. The number of benzene rings is 1. The maximum absolute atomic E-state index is 11.8. The van der Waals surface area contributed by atoms with Gasteiger partial charge in [-0.2, -0.15) is 5.10 Å². The number of hydrogen-bond acceptors (Lipinski definition) is 5. The summed E-state index contributed by atoms with van der Waals surface area (Å²) >= 11 is 1.52. The molecule has 3 aromatic rings. The van der Waals surface area contributed by atoms with Crippen molar-refractivity contribution in [3.8, 4) is 0 Å². The number of carbonyl (C=O) groups is 1. The molecule has 2 aromatic heterocycles. The number of nitrogens with zero attached hydrogens (tertiary/aromatic N) is 2. The Morgan fingerprint density at radius 1 is 1.13 bits per heavy atom. The molecule has 1 aromatic carbocycles. The van der Waals surface area contributed by atoms with E-state index >= 15 is 0 Å². The van der Waals surface area contributed by atoms with E-state index < -0.39 is 0 Å². The van der Waals surface area contributed by atoms with Crippen LogP contribution in [-0.2, 0) is 0 Å². The first kappa shape index (κ1) is 15.1. The van der Waals surface area contributed by atoms with E-state index in [1.807, 2.05) is 36.4 Å². The molecular weight excluding hydrogens is 310 g/mol. The van der Waals surface area contributed by atoms with E-state index in [1.54, 1.807) is 24.4 Å². The highest BCUT2D eigenvalue weighted by atomic mass is 32.2. The van der Waals surface area contributed by atoms with Gasteiger partial charge in [0.2, 0.25) is 0 Å². The van der Waals surface area contributed by atoms with Gasteiger partial charge in [0.05, 0.1) is 11.8 Å². The summed E-state index contributed by atoms with van der Waals surface area (Å²) in [7, 11) is 0. The molecule has 3 rings (SSSR count). The van der Waals surface area contributed by atoms with E-state index in [9.17, 15) is 4.79 Å². The molecule has 1 amide bonds. The Morgan fingerprint density at radius 2 is 2.00 bits per heavy atom. The molecule has 0 aliphatic heterocycles. The Bertz CT molecular complexity index is 801. The maximum Gasteiger partial charge on any atom is 0.272 e. The van der Waals surface area contributed by atoms with Crippen LogP contribution in [0.2, 0.25) is 0 Å². The monoisotopic (exact) mass is 323 g/mol. The van der Waals surface area contributed by atoms with Crippen molar-refractivity contribution in [3.63, 3.8) is 0 Å². The lowest BCUT2D eigenvalue weighted by atomic mass is 10.3. The van der Waals surface area contributed by atoms with E-state index in [-0.39, 0.29) is 5.91 Å². The van der Waals surface area contributed by atoms with Crippen LogP contribution in [-0.4, -0.2) is 17.1 Å². The zero-order valence-electron chi connectivity index (χ0n) is 12.0. The molecule has 2 heterocycles. The first-order chi connectivity index (χ1) is 11.3. The SMILES string of the molecule is O=C(N/N=C\c1ccc(Sc2ccccc2)o1)c1cccnc1. The molecule has 5 nitrogen and oxygen atoms in total. The highest BCUT2D eigenvalue weighted by Crippen LogP contribution is 2.28. The van der Waals surface area contributed by atoms with Gasteiger partial charge in [0.25, 0.3) is 5.91 Å². The minimum absolute atomic E-state index is 0.320. The van der Waals surface area contributed by atoms with Crippen LogP contribution in [0, 0.1) is 0 Å². The summed E-state index contributed by atoms with van der Waals surface area (Å²) in [6, 6.07) is 17.0. The molecule has 0 saturated heterocycles. The number of nitrogens with one attached hydrogen (secondary N) is 1. The topological polar surface area (TPSA) is 67.5 Å². The molecule has 114 valence electrons. The predicted octanol–water partition coefficient (Wildman–Crippen LogP) is 3.59. The number of amides is 1. The molecule has 0 radical (unpaired) electrons. The van der Waals surface area contributed by atoms with Gasteiger partial charge < -0.3 is 4.42 Å². The molecule has 0 bridgehead atoms. The van der Waals surface area contributed by atoms with Crippen LogP contribution in [0.5, 0.6) is 0 Å². The number of hydrazone groups is 1. The van der Waals surface area contributed by atoms with Gasteiger partial charge in [-0.3, -0.25) is 9.78 Å². The third-order valence-electron chi connectivity index (χ3n) is 2.85. The second-order valence-corrected chi connectivity index (χ2v) is 5.59. The van der Waals surface area contributed by atoms with Gasteiger partial charge >= 0.3 is 0 Å². The van der Waals surface area contributed by atoms with Crippen molar-refractivity contribution in [1.29, 1.82) is 0 Å². The van der Waals surface area contributed by atoms with E-state index in [2.05, 4.69) is 15.5 Å². The molecule has 23 heavy (non-hydrogen) atoms. The molecular formula is C17H13N3O2S. The summed E-state index contributed by atoms with van der Waals surface area (Å²) in [5.74, 6) is 0.245. The van der Waals surface area contributed by atoms with E-state index in [0.717, 1.165) is 9.99 Å². The van der Waals surface area contributed by atoms with Crippen LogP contribution in [0.1, 0.15) is 16.1 Å². The number of rotatable bonds is 5. The van der Waals surface area contributed by atoms with Gasteiger partial charge in [-0.1, -0.05) is 30.0 Å². The van der Waals surface area contributed by atoms with Crippen molar-refractivity contribution >= 4 is 23.9 Å². The van der Waals surface area contributed by atoms with E-state index in [4.69, 9.17) is 4.42 Å². The molecule has 0 saturated carbocycles. The molecule has 0 fully saturated rings. The summed E-state index contributed by atoms with van der Waals surface area (Å²) in [6.45, 7) is 0. The fraction of sp³-hybridized carbons (Fsp3) is 0. The lowest BCUT2D eigenvalue weighted by Gasteiger charge is -1.97. The molecule has 0 aliphatic rings. The molecule has 0 spiro atoms. The minimum Gasteiger partial charge on any atom is -0.448 e. The first-order valence-corrected chi connectivity index (χ1v) is 7.69. The molecule has 1 N–H and O–H groups in total. The Morgan fingerprint density at radius 3 is 2.78 bits per heavy atom. The average molecular weight is 323 g/mol. The molecule has 6 heteroatoms. The van der Waals surface area contributed by atoms with Crippen LogP contribution in [0.15, 0.2) is 86.5 Å². The van der Waals surface area contributed by atoms with E-state index in [0.29, 0.717) is 11.3 Å². The number of pyridine rings is 1. The fourth-order valence-electron chi connectivity index (χ4n) is 1.78. The van der Waals surface area contributed by atoms with Gasteiger partial charge in [0.15, 0.2) is 5.09 Å². The van der Waals surface area contributed by atoms with Crippen LogP contribution in [0.25, 0.3) is 0 Å². The summed E-state index contributed by atoms with van der Waals surface area (Å²) in [6.07, 6.45) is 4.55. The quantitative estimate of drug-likeness (QED) is 0.575. The van der Waals surface area contributed by atoms with Crippen LogP contribution < -0.4 is 5.43 Å². The Kier molecular flexibility index (Phi) is 4.85. The van der Waals surface area contributed by atoms with Crippen molar-refractivity contribution in [3.05, 3.63) is 78.3 Å². The van der Waals surface area contributed by atoms with Crippen LogP contribution in [0.3, 0.4) is 0 Å². The lowest BCUT2D eigenvalue weighted by molar-refractivity contribution is 0.0954. The van der Waals surface area contributed by atoms with E-state index in [1.165, 1.54) is 24.2 Å². The number of hydrogen-bond donors (Lipinski definition) is 1. The van der Waals surface area contributed by atoms with Gasteiger partial charge in [-0.25, -0.2) is 5.43 Å². The lowest BCUT2D eigenvalue weighted by Crippen LogP contribution is -2.17. The summed E-state index contributed by atoms with van der Waals surface area (Å²) in [5, 5.41) is 4.64. The van der Waals surface area contributed by atoms with Gasteiger partial charge in [0.1, 0.15) is 5.76 Å². The van der Waals surface area contributed by atoms with Crippen molar-refractivity contribution in [2.75, 3.05) is 0 Å². The second-order valence-electron chi connectivity index (χ2n) is 4.51. The predicted molar refractivity (Wildman–Crippen MR) is 88.6 cm³/mol. The Labute approximate surface area is 137 Å². The molecule has 0 aliphatic carbocycles. The summed E-state index contributed by atoms with van der Waals surface area (Å²) in [4.78, 5) is 16.8. The second kappa shape index (κ2) is 7.42. The zero-order valence-corrected chi connectivity index (χ0v) is 12.9. The Balaban J connectivity index is 1.57.